The van der Waals surface area contributed by atoms with Crippen molar-refractivity contribution in [1.29, 1.82) is 0 Å². The number of rotatable bonds is 3. The molecule has 2 rings (SSSR count). The SMILES string of the molecule is COc1cc(Br)cc(C)c1NC(=O)c1cccc(C)c1N. The van der Waals surface area contributed by atoms with Gasteiger partial charge in [-0.2, -0.15) is 0 Å². The van der Waals surface area contributed by atoms with Crippen molar-refractivity contribution in [3.05, 3.63) is 51.5 Å². The van der Waals surface area contributed by atoms with Crippen LogP contribution in [0.15, 0.2) is 34.8 Å². The zero-order chi connectivity index (χ0) is 15.6. The van der Waals surface area contributed by atoms with E-state index in [0.29, 0.717) is 22.7 Å². The van der Waals surface area contributed by atoms with Gasteiger partial charge in [-0.25, -0.2) is 0 Å². The molecule has 0 saturated heterocycles. The van der Waals surface area contributed by atoms with E-state index in [9.17, 15) is 4.79 Å². The van der Waals surface area contributed by atoms with Crippen LogP contribution in [0.5, 0.6) is 5.75 Å². The van der Waals surface area contributed by atoms with Crippen LogP contribution in [0, 0.1) is 13.8 Å². The second-order valence-corrected chi connectivity index (χ2v) is 5.71. The van der Waals surface area contributed by atoms with Gasteiger partial charge in [0, 0.05) is 10.2 Å². The largest absolute Gasteiger partial charge is 0.495 e. The zero-order valence-corrected chi connectivity index (χ0v) is 13.7. The number of methoxy groups -OCH3 is 1. The summed E-state index contributed by atoms with van der Waals surface area (Å²) in [6.45, 7) is 3.78. The van der Waals surface area contributed by atoms with Crippen molar-refractivity contribution in [1.82, 2.24) is 0 Å². The van der Waals surface area contributed by atoms with Crippen LogP contribution in [0.2, 0.25) is 0 Å². The second kappa shape index (κ2) is 6.18. The Morgan fingerprint density at radius 2 is 1.95 bits per heavy atom. The maximum atomic E-state index is 12.4. The molecule has 0 aliphatic rings. The molecule has 0 atom stereocenters. The molecule has 1 amide bonds. The Morgan fingerprint density at radius 1 is 1.24 bits per heavy atom. The third-order valence-electron chi connectivity index (χ3n) is 3.29. The van der Waals surface area contributed by atoms with E-state index in [0.717, 1.165) is 15.6 Å². The minimum atomic E-state index is -0.250. The standard InChI is InChI=1S/C16H17BrN2O2/c1-9-5-4-6-12(14(9)18)16(20)19-15-10(2)7-11(17)8-13(15)21-3/h4-8H,18H2,1-3H3,(H,19,20). The lowest BCUT2D eigenvalue weighted by Crippen LogP contribution is -2.16. The minimum Gasteiger partial charge on any atom is -0.495 e. The fraction of sp³-hybridized carbons (Fsp3) is 0.188. The first kappa shape index (κ1) is 15.4. The van der Waals surface area contributed by atoms with Crippen LogP contribution in [0.3, 0.4) is 0 Å². The average Bonchev–Trinajstić information content (AvgIpc) is 2.44. The van der Waals surface area contributed by atoms with Gasteiger partial charge in [-0.15, -0.1) is 0 Å². The normalized spacial score (nSPS) is 10.3. The molecule has 0 heterocycles. The molecule has 0 aliphatic heterocycles. The summed E-state index contributed by atoms with van der Waals surface area (Å²) in [6, 6.07) is 9.11. The molecule has 5 heteroatoms. The Bertz CT molecular complexity index is 699. The first-order valence-electron chi connectivity index (χ1n) is 6.44. The highest BCUT2D eigenvalue weighted by atomic mass is 79.9. The summed E-state index contributed by atoms with van der Waals surface area (Å²) < 4.78 is 6.22. The molecule has 2 aromatic carbocycles. The third kappa shape index (κ3) is 3.19. The van der Waals surface area contributed by atoms with Crippen LogP contribution < -0.4 is 15.8 Å². The third-order valence-corrected chi connectivity index (χ3v) is 3.75. The van der Waals surface area contributed by atoms with E-state index in [1.54, 1.807) is 13.2 Å². The van der Waals surface area contributed by atoms with E-state index in [1.807, 2.05) is 38.1 Å². The lowest BCUT2D eigenvalue weighted by atomic mass is 10.1. The summed E-state index contributed by atoms with van der Waals surface area (Å²) in [5, 5.41) is 2.88. The van der Waals surface area contributed by atoms with Gasteiger partial charge in [0.2, 0.25) is 0 Å². The number of hydrogen-bond acceptors (Lipinski definition) is 3. The highest BCUT2D eigenvalue weighted by molar-refractivity contribution is 9.10. The predicted octanol–water partition coefficient (Wildman–Crippen LogP) is 3.91. The number of aryl methyl sites for hydroxylation is 2. The Hall–Kier alpha value is -2.01. The molecule has 0 aromatic heterocycles. The molecule has 0 saturated carbocycles. The maximum absolute atomic E-state index is 12.4. The highest BCUT2D eigenvalue weighted by Crippen LogP contribution is 2.32. The number of anilines is 2. The fourth-order valence-corrected chi connectivity index (χ4v) is 2.64. The second-order valence-electron chi connectivity index (χ2n) is 4.79. The van der Waals surface area contributed by atoms with Crippen LogP contribution in [0.25, 0.3) is 0 Å². The molecule has 0 spiro atoms. The summed E-state index contributed by atoms with van der Waals surface area (Å²) in [7, 11) is 1.57. The summed E-state index contributed by atoms with van der Waals surface area (Å²) in [4.78, 5) is 12.4. The Morgan fingerprint density at radius 3 is 2.62 bits per heavy atom. The van der Waals surface area contributed by atoms with Crippen molar-refractivity contribution in [2.24, 2.45) is 0 Å². The number of amides is 1. The molecule has 110 valence electrons. The average molecular weight is 349 g/mol. The number of carbonyl (C=O) groups is 1. The van der Waals surface area contributed by atoms with Gasteiger partial charge in [0.05, 0.1) is 18.4 Å². The number of hydrogen-bond donors (Lipinski definition) is 2. The number of nitrogens with one attached hydrogen (secondary N) is 1. The van der Waals surface area contributed by atoms with Crippen LogP contribution in [-0.4, -0.2) is 13.0 Å². The number of halogens is 1. The van der Waals surface area contributed by atoms with Crippen molar-refractivity contribution in [2.75, 3.05) is 18.2 Å². The van der Waals surface area contributed by atoms with Crippen LogP contribution in [0.4, 0.5) is 11.4 Å². The van der Waals surface area contributed by atoms with Crippen molar-refractivity contribution >= 4 is 33.2 Å². The molecule has 2 aromatic rings. The smallest absolute Gasteiger partial charge is 0.257 e. The van der Waals surface area contributed by atoms with Crippen LogP contribution in [0.1, 0.15) is 21.5 Å². The Balaban J connectivity index is 2.38. The topological polar surface area (TPSA) is 64.3 Å². The number of nitrogen functional groups attached to an aromatic ring is 1. The monoisotopic (exact) mass is 348 g/mol. The number of para-hydroxylation sites is 1. The van der Waals surface area contributed by atoms with Crippen molar-refractivity contribution in [3.63, 3.8) is 0 Å². The van der Waals surface area contributed by atoms with E-state index >= 15 is 0 Å². The quantitative estimate of drug-likeness (QED) is 0.826. The zero-order valence-electron chi connectivity index (χ0n) is 12.2. The van der Waals surface area contributed by atoms with E-state index in [2.05, 4.69) is 21.2 Å². The van der Waals surface area contributed by atoms with Gasteiger partial charge >= 0.3 is 0 Å². The molecule has 3 N–H and O–H groups in total. The van der Waals surface area contributed by atoms with E-state index < -0.39 is 0 Å². The number of carbonyl (C=O) groups excluding carboxylic acids is 1. The van der Waals surface area contributed by atoms with Gasteiger partial charge in [-0.3, -0.25) is 4.79 Å². The van der Waals surface area contributed by atoms with Crippen LogP contribution in [-0.2, 0) is 0 Å². The molecule has 4 nitrogen and oxygen atoms in total. The molecule has 0 fully saturated rings. The van der Waals surface area contributed by atoms with Gasteiger partial charge in [0.1, 0.15) is 5.75 Å². The summed E-state index contributed by atoms with van der Waals surface area (Å²) in [5.41, 5.74) is 9.34. The van der Waals surface area contributed by atoms with E-state index in [4.69, 9.17) is 10.5 Å². The number of benzene rings is 2. The van der Waals surface area contributed by atoms with Gasteiger partial charge in [-0.1, -0.05) is 28.1 Å². The molecular weight excluding hydrogens is 332 g/mol. The fourth-order valence-electron chi connectivity index (χ4n) is 2.09. The van der Waals surface area contributed by atoms with Crippen molar-refractivity contribution in [2.45, 2.75) is 13.8 Å². The molecular formula is C16H17BrN2O2. The number of ether oxygens (including phenoxy) is 1. The predicted molar refractivity (Wildman–Crippen MR) is 89.0 cm³/mol. The van der Waals surface area contributed by atoms with Gasteiger partial charge in [-0.05, 0) is 43.2 Å². The van der Waals surface area contributed by atoms with Gasteiger partial charge < -0.3 is 15.8 Å². The molecule has 0 radical (unpaired) electrons. The van der Waals surface area contributed by atoms with E-state index in [1.165, 1.54) is 0 Å². The Kier molecular flexibility index (Phi) is 4.53. The lowest BCUT2D eigenvalue weighted by Gasteiger charge is -2.15. The molecule has 0 aliphatic carbocycles. The number of nitrogens with two attached hydrogens (primary N) is 1. The van der Waals surface area contributed by atoms with Gasteiger partial charge in [0.15, 0.2) is 0 Å². The van der Waals surface area contributed by atoms with Crippen molar-refractivity contribution < 1.29 is 9.53 Å². The lowest BCUT2D eigenvalue weighted by molar-refractivity contribution is 0.102. The summed E-state index contributed by atoms with van der Waals surface area (Å²) >= 11 is 3.41. The first-order chi connectivity index (χ1) is 9.93. The van der Waals surface area contributed by atoms with E-state index in [-0.39, 0.29) is 5.91 Å². The maximum Gasteiger partial charge on any atom is 0.257 e. The molecule has 0 bridgehead atoms. The Labute approximate surface area is 132 Å². The summed E-state index contributed by atoms with van der Waals surface area (Å²) in [6.07, 6.45) is 0. The first-order valence-corrected chi connectivity index (χ1v) is 7.24. The molecule has 0 unspecified atom stereocenters. The van der Waals surface area contributed by atoms with Gasteiger partial charge in [0.25, 0.3) is 5.91 Å². The summed E-state index contributed by atoms with van der Waals surface area (Å²) in [5.74, 6) is 0.348. The minimum absolute atomic E-state index is 0.250. The van der Waals surface area contributed by atoms with Crippen LogP contribution >= 0.6 is 15.9 Å². The molecule has 21 heavy (non-hydrogen) atoms. The van der Waals surface area contributed by atoms with Crippen molar-refractivity contribution in [3.8, 4) is 5.75 Å². The highest BCUT2D eigenvalue weighted by Gasteiger charge is 2.15.